The quantitative estimate of drug-likeness (QED) is 0.634. The van der Waals surface area contributed by atoms with Crippen molar-refractivity contribution in [3.8, 4) is 33.9 Å². The second-order valence-corrected chi connectivity index (χ2v) is 5.19. The van der Waals surface area contributed by atoms with Gasteiger partial charge in [-0.1, -0.05) is 41.3 Å². The highest BCUT2D eigenvalue weighted by Gasteiger charge is 2.17. The molecule has 3 rings (SSSR count). The summed E-state index contributed by atoms with van der Waals surface area (Å²) in [5.74, 6) is -0.232. The van der Waals surface area contributed by atoms with Gasteiger partial charge in [-0.3, -0.25) is 5.10 Å². The number of aromatic amines is 1. The van der Waals surface area contributed by atoms with E-state index in [1.807, 2.05) is 32.1 Å². The predicted molar refractivity (Wildman–Crippen MR) is 86.0 cm³/mol. The number of rotatable bonds is 2. The first-order valence-corrected chi connectivity index (χ1v) is 6.77. The van der Waals surface area contributed by atoms with Gasteiger partial charge in [-0.05, 0) is 11.6 Å². The van der Waals surface area contributed by atoms with E-state index < -0.39 is 0 Å². The summed E-state index contributed by atoms with van der Waals surface area (Å²) in [6.45, 7) is 0. The number of nitrogens with one attached hydrogen (secondary N) is 1. The highest BCUT2D eigenvalue weighted by Crippen LogP contribution is 2.39. The third-order valence-corrected chi connectivity index (χ3v) is 3.70. The molecule has 0 bridgehead atoms. The van der Waals surface area contributed by atoms with Crippen LogP contribution in [-0.2, 0) is 0 Å². The Kier molecular flexibility index (Phi) is 3.35. The first kappa shape index (κ1) is 13.6. The number of H-pyrrole nitrogens is 1. The lowest BCUT2D eigenvalue weighted by molar-refractivity contribution is 0.452. The zero-order chi connectivity index (χ0) is 15.0. The molecule has 3 aromatic rings. The number of nitrogens with zero attached hydrogens (tertiary/aromatic N) is 1. The molecule has 0 aliphatic heterocycles. The summed E-state index contributed by atoms with van der Waals surface area (Å²) in [6, 6.07) is 10.6. The fourth-order valence-corrected chi connectivity index (χ4v) is 2.48. The Morgan fingerprint density at radius 1 is 1.00 bits per heavy atom. The normalized spacial score (nSPS) is 10.7. The van der Waals surface area contributed by atoms with E-state index in [2.05, 4.69) is 10.2 Å². The average molecular weight is 299 g/mol. The van der Waals surface area contributed by atoms with E-state index in [0.29, 0.717) is 11.3 Å². The van der Waals surface area contributed by atoms with Crippen LogP contribution in [0.25, 0.3) is 22.4 Å². The Hall–Kier alpha value is -2.40. The van der Waals surface area contributed by atoms with Crippen molar-refractivity contribution in [3.05, 3.63) is 47.6 Å². The number of hydrogen-bond acceptors (Lipinski definition) is 3. The van der Waals surface area contributed by atoms with Crippen molar-refractivity contribution in [2.24, 2.45) is 0 Å². The van der Waals surface area contributed by atoms with Gasteiger partial charge in [-0.15, -0.1) is 0 Å². The van der Waals surface area contributed by atoms with Gasteiger partial charge in [0, 0.05) is 23.4 Å². The van der Waals surface area contributed by atoms with Crippen LogP contribution >= 0.6 is 11.6 Å². The number of benzene rings is 2. The lowest BCUT2D eigenvalue weighted by Gasteiger charge is -2.09. The fourth-order valence-electron chi connectivity index (χ4n) is 2.32. The molecule has 0 fully saturated rings. The van der Waals surface area contributed by atoms with Crippen LogP contribution in [0.2, 0.25) is 5.02 Å². The number of hydrogen-bond donors (Lipinski definition) is 3. The third kappa shape index (κ3) is 2.36. The second kappa shape index (κ2) is 5.18. The monoisotopic (exact) mass is 298 g/mol. The predicted octanol–water partition coefficient (Wildman–Crippen LogP) is 2.07. The van der Waals surface area contributed by atoms with Crippen molar-refractivity contribution in [1.29, 1.82) is 0 Å². The van der Waals surface area contributed by atoms with Crippen molar-refractivity contribution in [3.63, 3.8) is 0 Å². The van der Waals surface area contributed by atoms with Crippen LogP contribution in [-0.4, -0.2) is 28.3 Å². The molecule has 0 aliphatic carbocycles. The molecule has 0 spiro atoms. The first-order chi connectivity index (χ1) is 10.1. The Morgan fingerprint density at radius 2 is 1.76 bits per heavy atom. The van der Waals surface area contributed by atoms with Crippen LogP contribution in [0.15, 0.2) is 42.6 Å². The van der Waals surface area contributed by atoms with Gasteiger partial charge in [-0.2, -0.15) is 5.10 Å². The molecule has 0 atom stereocenters. The van der Waals surface area contributed by atoms with Gasteiger partial charge in [0.25, 0.3) is 0 Å². The molecule has 0 radical (unpaired) electrons. The molecule has 0 saturated heterocycles. The number of phenolic OH excluding ortho intramolecular Hbond substituents is 2. The first-order valence-electron chi connectivity index (χ1n) is 6.39. The molecule has 0 amide bonds. The van der Waals surface area contributed by atoms with E-state index in [4.69, 9.17) is 11.6 Å². The Bertz CT molecular complexity index is 817. The van der Waals surface area contributed by atoms with Crippen LogP contribution in [0.4, 0.5) is 0 Å². The standard InChI is InChI=1S/C15H12BClN2O2/c16-11-4-2-1-3-8(11)10-7-18-19-15(10)9-5-12(17)14(21)6-13(9)20/h1-7,20-21H,16H2,(H,18,19). The smallest absolute Gasteiger partial charge is 0.140 e. The van der Waals surface area contributed by atoms with Gasteiger partial charge in [0.15, 0.2) is 0 Å². The zero-order valence-corrected chi connectivity index (χ0v) is 12.0. The molecule has 104 valence electrons. The third-order valence-electron chi connectivity index (χ3n) is 3.40. The van der Waals surface area contributed by atoms with Crippen LogP contribution in [0.1, 0.15) is 0 Å². The maximum Gasteiger partial charge on any atom is 0.140 e. The Morgan fingerprint density at radius 3 is 2.52 bits per heavy atom. The molecule has 21 heavy (non-hydrogen) atoms. The van der Waals surface area contributed by atoms with E-state index in [1.54, 1.807) is 6.20 Å². The SMILES string of the molecule is Bc1ccccc1-c1c[nH]nc1-c1cc(Cl)c(O)cc1O. The van der Waals surface area contributed by atoms with Crippen molar-refractivity contribution >= 4 is 24.9 Å². The Balaban J connectivity index is 2.21. The minimum absolute atomic E-state index is 0.0705. The molecule has 1 aromatic heterocycles. The maximum atomic E-state index is 10.1. The largest absolute Gasteiger partial charge is 0.507 e. The van der Waals surface area contributed by atoms with E-state index in [-0.39, 0.29) is 16.5 Å². The van der Waals surface area contributed by atoms with Crippen LogP contribution in [0.5, 0.6) is 11.5 Å². The zero-order valence-electron chi connectivity index (χ0n) is 11.3. The van der Waals surface area contributed by atoms with Crippen LogP contribution < -0.4 is 5.46 Å². The summed E-state index contributed by atoms with van der Waals surface area (Å²) < 4.78 is 0. The van der Waals surface area contributed by atoms with Crippen LogP contribution in [0.3, 0.4) is 0 Å². The minimum atomic E-state index is -0.161. The molecule has 0 saturated carbocycles. The molecule has 3 N–H and O–H groups in total. The van der Waals surface area contributed by atoms with Gasteiger partial charge in [0.1, 0.15) is 25.0 Å². The summed E-state index contributed by atoms with van der Waals surface area (Å²) in [6.07, 6.45) is 1.78. The van der Waals surface area contributed by atoms with Gasteiger partial charge < -0.3 is 10.2 Å². The highest BCUT2D eigenvalue weighted by atomic mass is 35.5. The number of phenols is 2. The van der Waals surface area contributed by atoms with Gasteiger partial charge >= 0.3 is 0 Å². The van der Waals surface area contributed by atoms with E-state index in [9.17, 15) is 10.2 Å². The van der Waals surface area contributed by atoms with Crippen LogP contribution in [0, 0.1) is 0 Å². The lowest BCUT2D eigenvalue weighted by atomic mass is 9.86. The fraction of sp³-hybridized carbons (Fsp3) is 0. The summed E-state index contributed by atoms with van der Waals surface area (Å²) in [5, 5.41) is 26.8. The van der Waals surface area contributed by atoms with Gasteiger partial charge in [0.2, 0.25) is 0 Å². The maximum absolute atomic E-state index is 10.1. The van der Waals surface area contributed by atoms with Crippen molar-refractivity contribution in [1.82, 2.24) is 10.2 Å². The van der Waals surface area contributed by atoms with E-state index in [1.165, 1.54) is 12.1 Å². The summed E-state index contributed by atoms with van der Waals surface area (Å²) >= 11 is 5.93. The van der Waals surface area contributed by atoms with E-state index >= 15 is 0 Å². The van der Waals surface area contributed by atoms with Gasteiger partial charge in [0.05, 0.1) is 5.02 Å². The molecule has 1 heterocycles. The minimum Gasteiger partial charge on any atom is -0.507 e. The van der Waals surface area contributed by atoms with Crippen molar-refractivity contribution in [2.45, 2.75) is 0 Å². The number of aromatic hydroxyl groups is 2. The molecule has 2 aromatic carbocycles. The number of halogens is 1. The molecule has 0 unspecified atom stereocenters. The molecular formula is C15H12BClN2O2. The second-order valence-electron chi connectivity index (χ2n) is 4.78. The topological polar surface area (TPSA) is 69.1 Å². The lowest BCUT2D eigenvalue weighted by Crippen LogP contribution is -2.05. The molecule has 4 nitrogen and oxygen atoms in total. The summed E-state index contributed by atoms with van der Waals surface area (Å²) in [5.41, 5.74) is 4.04. The molecular weight excluding hydrogens is 286 g/mol. The summed E-state index contributed by atoms with van der Waals surface area (Å²) in [7, 11) is 2.01. The van der Waals surface area contributed by atoms with E-state index in [0.717, 1.165) is 16.6 Å². The molecule has 6 heteroatoms. The van der Waals surface area contributed by atoms with Crippen molar-refractivity contribution < 1.29 is 10.2 Å². The van der Waals surface area contributed by atoms with Crippen molar-refractivity contribution in [2.75, 3.05) is 0 Å². The van der Waals surface area contributed by atoms with Gasteiger partial charge in [-0.25, -0.2) is 0 Å². The highest BCUT2D eigenvalue weighted by molar-refractivity contribution is 6.36. The average Bonchev–Trinajstić information content (AvgIpc) is 2.92. The molecule has 0 aliphatic rings. The Labute approximate surface area is 127 Å². The number of aromatic nitrogens is 2. The summed E-state index contributed by atoms with van der Waals surface area (Å²) in [4.78, 5) is 0.